The molecule has 0 bridgehead atoms. The third-order valence-electron chi connectivity index (χ3n) is 7.03. The Hall–Kier alpha value is -2.27. The minimum Gasteiger partial charge on any atom is -0.370 e. The van der Waals surface area contributed by atoms with Gasteiger partial charge in [-0.05, 0) is 66.0 Å². The number of aliphatic hydroxyl groups excluding tert-OH is 1. The van der Waals surface area contributed by atoms with E-state index in [-0.39, 0.29) is 24.3 Å². The SMILES string of the molecule is O=C(Nc1ccccc1C1C2CCC[C@H](CNC(O)C(F)(F)F)CC21)c1csc(-c2cccs2)n1. The van der Waals surface area contributed by atoms with Gasteiger partial charge in [0.05, 0.1) is 4.88 Å². The van der Waals surface area contributed by atoms with Crippen molar-refractivity contribution in [3.63, 3.8) is 0 Å². The maximum absolute atomic E-state index is 13.0. The minimum atomic E-state index is -4.66. The van der Waals surface area contributed by atoms with Gasteiger partial charge < -0.3 is 10.4 Å². The van der Waals surface area contributed by atoms with Crippen molar-refractivity contribution in [1.82, 2.24) is 10.3 Å². The molecule has 35 heavy (non-hydrogen) atoms. The first kappa shape index (κ1) is 24.4. The van der Waals surface area contributed by atoms with Gasteiger partial charge in [-0.3, -0.25) is 10.1 Å². The number of anilines is 1. The lowest BCUT2D eigenvalue weighted by atomic mass is 9.94. The molecule has 3 N–H and O–H groups in total. The fraction of sp³-hybridized carbons (Fsp3) is 0.440. The molecule has 1 aromatic carbocycles. The second-order valence-corrected chi connectivity index (χ2v) is 11.1. The number of carbonyl (C=O) groups excluding carboxylic acids is 1. The van der Waals surface area contributed by atoms with Gasteiger partial charge in [0.1, 0.15) is 10.7 Å². The number of para-hydroxylation sites is 1. The Labute approximate surface area is 209 Å². The van der Waals surface area contributed by atoms with Crippen molar-refractivity contribution in [2.75, 3.05) is 11.9 Å². The smallest absolute Gasteiger partial charge is 0.370 e. The molecule has 2 fully saturated rings. The summed E-state index contributed by atoms with van der Waals surface area (Å²) in [6, 6.07) is 11.7. The molecule has 10 heteroatoms. The van der Waals surface area contributed by atoms with Gasteiger partial charge >= 0.3 is 6.18 Å². The molecule has 2 aliphatic carbocycles. The fourth-order valence-corrected chi connectivity index (χ4v) is 6.94. The molecule has 5 atom stereocenters. The van der Waals surface area contributed by atoms with E-state index in [1.54, 1.807) is 16.7 Å². The standard InChI is InChI=1S/C25H26F3N3O2S2/c26-25(27,28)24(33)29-12-14-5-3-7-15-17(11-14)21(15)16-6-1-2-8-18(16)30-22(32)19-13-35-23(31-19)20-9-4-10-34-20/h1-2,4,6,8-10,13-15,17,21,24,29,33H,3,5,7,11-12H2,(H,30,32)/t14-,15?,17?,21?,24?/m0/s1. The molecular weight excluding hydrogens is 495 g/mol. The van der Waals surface area contributed by atoms with Crippen LogP contribution in [0.2, 0.25) is 0 Å². The number of benzene rings is 1. The molecular formula is C25H26F3N3O2S2. The normalized spacial score (nSPS) is 24.9. The Bertz CT molecular complexity index is 1160. The van der Waals surface area contributed by atoms with Crippen molar-refractivity contribution in [3.8, 4) is 9.88 Å². The minimum absolute atomic E-state index is 0.0828. The third-order valence-corrected chi connectivity index (χ3v) is 8.92. The van der Waals surface area contributed by atoms with Crippen LogP contribution in [0.1, 0.15) is 47.7 Å². The van der Waals surface area contributed by atoms with Crippen LogP contribution in [-0.4, -0.2) is 34.9 Å². The topological polar surface area (TPSA) is 74.2 Å². The quantitative estimate of drug-likeness (QED) is 0.328. The van der Waals surface area contributed by atoms with Crippen LogP contribution in [0.15, 0.2) is 47.2 Å². The van der Waals surface area contributed by atoms with Crippen molar-refractivity contribution in [2.45, 2.75) is 44.0 Å². The molecule has 2 saturated carbocycles. The first-order valence-electron chi connectivity index (χ1n) is 11.7. The number of carbonyl (C=O) groups is 1. The van der Waals surface area contributed by atoms with Crippen LogP contribution >= 0.6 is 22.7 Å². The van der Waals surface area contributed by atoms with Crippen molar-refractivity contribution < 1.29 is 23.1 Å². The van der Waals surface area contributed by atoms with Gasteiger partial charge in [0, 0.05) is 17.6 Å². The Morgan fingerprint density at radius 1 is 1.14 bits per heavy atom. The van der Waals surface area contributed by atoms with E-state index >= 15 is 0 Å². The average Bonchev–Trinajstić information content (AvgIpc) is 3.16. The number of amides is 1. The highest BCUT2D eigenvalue weighted by Gasteiger charge is 2.52. The van der Waals surface area contributed by atoms with E-state index in [2.05, 4.69) is 15.6 Å². The molecule has 0 radical (unpaired) electrons. The second-order valence-electron chi connectivity index (χ2n) is 9.30. The summed E-state index contributed by atoms with van der Waals surface area (Å²) in [7, 11) is 0. The Balaban J connectivity index is 1.25. The number of rotatable bonds is 7. The summed E-state index contributed by atoms with van der Waals surface area (Å²) >= 11 is 3.02. The van der Waals surface area contributed by atoms with E-state index in [0.717, 1.165) is 46.8 Å². The van der Waals surface area contributed by atoms with Gasteiger partial charge in [-0.15, -0.1) is 22.7 Å². The van der Waals surface area contributed by atoms with Gasteiger partial charge in [-0.1, -0.05) is 30.7 Å². The van der Waals surface area contributed by atoms with Crippen molar-refractivity contribution >= 4 is 34.3 Å². The van der Waals surface area contributed by atoms with Gasteiger partial charge in [-0.2, -0.15) is 13.2 Å². The summed E-state index contributed by atoms with van der Waals surface area (Å²) in [5.74, 6) is 0.948. The van der Waals surface area contributed by atoms with Gasteiger partial charge in [0.2, 0.25) is 6.23 Å². The predicted octanol–water partition coefficient (Wildman–Crippen LogP) is 6.11. The average molecular weight is 522 g/mol. The first-order valence-corrected chi connectivity index (χ1v) is 13.4. The molecule has 2 heterocycles. The van der Waals surface area contributed by atoms with Crippen LogP contribution in [0.3, 0.4) is 0 Å². The summed E-state index contributed by atoms with van der Waals surface area (Å²) < 4.78 is 37.9. The summed E-state index contributed by atoms with van der Waals surface area (Å²) in [4.78, 5) is 18.5. The number of fused-ring (bicyclic) bond motifs is 1. The number of thiophene rings is 1. The highest BCUT2D eigenvalue weighted by atomic mass is 32.1. The summed E-state index contributed by atoms with van der Waals surface area (Å²) in [5, 5.41) is 19.1. The molecule has 0 saturated heterocycles. The van der Waals surface area contributed by atoms with E-state index in [1.165, 1.54) is 11.3 Å². The third kappa shape index (κ3) is 5.45. The van der Waals surface area contributed by atoms with Crippen LogP contribution < -0.4 is 10.6 Å². The Morgan fingerprint density at radius 3 is 2.74 bits per heavy atom. The summed E-state index contributed by atoms with van der Waals surface area (Å²) in [6.07, 6.45) is -3.51. The number of hydrogen-bond donors (Lipinski definition) is 3. The number of halogens is 3. The number of aliphatic hydroxyl groups is 1. The lowest BCUT2D eigenvalue weighted by Gasteiger charge is -2.21. The van der Waals surface area contributed by atoms with Crippen molar-refractivity contribution in [3.05, 3.63) is 58.4 Å². The molecule has 3 aromatic rings. The maximum Gasteiger partial charge on any atom is 0.427 e. The van der Waals surface area contributed by atoms with E-state index < -0.39 is 12.4 Å². The summed E-state index contributed by atoms with van der Waals surface area (Å²) in [5.41, 5.74) is 2.23. The molecule has 4 unspecified atom stereocenters. The number of nitrogens with zero attached hydrogens (tertiary/aromatic N) is 1. The first-order chi connectivity index (χ1) is 16.8. The highest BCUT2D eigenvalue weighted by molar-refractivity contribution is 7.20. The number of nitrogens with one attached hydrogen (secondary N) is 2. The summed E-state index contributed by atoms with van der Waals surface area (Å²) in [6.45, 7) is 0.144. The number of hydrogen-bond acceptors (Lipinski definition) is 6. The lowest BCUT2D eigenvalue weighted by molar-refractivity contribution is -0.213. The molecule has 186 valence electrons. The van der Waals surface area contributed by atoms with E-state index in [0.29, 0.717) is 17.5 Å². The molecule has 0 aliphatic heterocycles. The van der Waals surface area contributed by atoms with Crippen LogP contribution in [-0.2, 0) is 0 Å². The molecule has 1 amide bonds. The Kier molecular flexibility index (Phi) is 6.98. The van der Waals surface area contributed by atoms with Gasteiger partial charge in [0.25, 0.3) is 5.91 Å². The zero-order valence-corrected chi connectivity index (χ0v) is 20.4. The predicted molar refractivity (Wildman–Crippen MR) is 132 cm³/mol. The highest BCUT2D eigenvalue weighted by Crippen LogP contribution is 2.62. The van der Waals surface area contributed by atoms with Gasteiger partial charge in [-0.25, -0.2) is 4.98 Å². The molecule has 2 aromatic heterocycles. The van der Waals surface area contributed by atoms with Crippen LogP contribution in [0.25, 0.3) is 9.88 Å². The number of thiazole rings is 1. The molecule has 5 nitrogen and oxygen atoms in total. The zero-order valence-electron chi connectivity index (χ0n) is 18.8. The van der Waals surface area contributed by atoms with Gasteiger partial charge in [0.15, 0.2) is 0 Å². The van der Waals surface area contributed by atoms with Crippen molar-refractivity contribution in [1.29, 1.82) is 0 Å². The zero-order chi connectivity index (χ0) is 24.6. The number of alkyl halides is 3. The van der Waals surface area contributed by atoms with E-state index in [4.69, 9.17) is 0 Å². The van der Waals surface area contributed by atoms with E-state index in [1.807, 2.05) is 41.8 Å². The molecule has 2 aliphatic rings. The fourth-order valence-electron chi connectivity index (χ4n) is 5.33. The van der Waals surface area contributed by atoms with Crippen LogP contribution in [0.4, 0.5) is 18.9 Å². The van der Waals surface area contributed by atoms with Crippen molar-refractivity contribution in [2.24, 2.45) is 17.8 Å². The second kappa shape index (κ2) is 10.0. The maximum atomic E-state index is 13.0. The molecule has 5 rings (SSSR count). The Morgan fingerprint density at radius 2 is 1.97 bits per heavy atom. The monoisotopic (exact) mass is 521 g/mol. The molecule has 0 spiro atoms. The number of aromatic nitrogens is 1. The largest absolute Gasteiger partial charge is 0.427 e. The van der Waals surface area contributed by atoms with Crippen LogP contribution in [0, 0.1) is 17.8 Å². The van der Waals surface area contributed by atoms with Crippen LogP contribution in [0.5, 0.6) is 0 Å². The lowest BCUT2D eigenvalue weighted by Crippen LogP contribution is -2.44. The van der Waals surface area contributed by atoms with E-state index in [9.17, 15) is 23.1 Å².